The van der Waals surface area contributed by atoms with Crippen LogP contribution in [0.25, 0.3) is 0 Å². The third-order valence-corrected chi connectivity index (χ3v) is 4.37. The number of ether oxygens (including phenoxy) is 1. The van der Waals surface area contributed by atoms with E-state index < -0.39 is 11.6 Å². The van der Waals surface area contributed by atoms with E-state index in [0.717, 1.165) is 0 Å². The fourth-order valence-electron chi connectivity index (χ4n) is 2.75. The number of benzene rings is 1. The van der Waals surface area contributed by atoms with E-state index in [9.17, 15) is 19.5 Å². The summed E-state index contributed by atoms with van der Waals surface area (Å²) in [4.78, 5) is 36.5. The number of nitrogens with zero attached hydrogens (tertiary/aromatic N) is 1. The van der Waals surface area contributed by atoms with E-state index in [2.05, 4.69) is 0 Å². The number of rotatable bonds is 5. The minimum atomic E-state index is -1.76. The number of carbonyl (C=O) groups is 3. The number of hydrogen-bond acceptors (Lipinski definition) is 5. The summed E-state index contributed by atoms with van der Waals surface area (Å²) in [7, 11) is 1.49. The number of aliphatic hydroxyl groups is 1. The van der Waals surface area contributed by atoms with Crippen LogP contribution in [0.1, 0.15) is 35.7 Å². The monoisotopic (exact) mass is 335 g/mol. The molecule has 130 valence electrons. The van der Waals surface area contributed by atoms with Crippen LogP contribution in [0.3, 0.4) is 0 Å². The number of amides is 1. The first-order valence-electron chi connectivity index (χ1n) is 7.68. The lowest BCUT2D eigenvalue weighted by atomic mass is 9.91. The highest BCUT2D eigenvalue weighted by molar-refractivity contribution is 5.94. The van der Waals surface area contributed by atoms with Gasteiger partial charge in [-0.25, -0.2) is 4.79 Å². The number of carboxylic acid groups (broad SMARTS) is 1. The van der Waals surface area contributed by atoms with Crippen molar-refractivity contribution < 1.29 is 29.3 Å². The fourth-order valence-corrected chi connectivity index (χ4v) is 2.75. The summed E-state index contributed by atoms with van der Waals surface area (Å²) in [5.41, 5.74) is -0.657. The van der Waals surface area contributed by atoms with E-state index in [1.165, 1.54) is 18.9 Å². The molecule has 2 rings (SSSR count). The van der Waals surface area contributed by atoms with Gasteiger partial charge in [0.1, 0.15) is 5.75 Å². The zero-order valence-electron chi connectivity index (χ0n) is 13.7. The van der Waals surface area contributed by atoms with E-state index in [1.807, 2.05) is 0 Å². The normalized spacial score (nSPS) is 16.5. The number of methoxy groups -OCH3 is 1. The number of piperidine rings is 1. The summed E-state index contributed by atoms with van der Waals surface area (Å²) < 4.78 is 5.23. The van der Waals surface area contributed by atoms with Crippen LogP contribution >= 0.6 is 0 Å². The van der Waals surface area contributed by atoms with Gasteiger partial charge in [-0.15, -0.1) is 0 Å². The number of hydrogen-bond donors (Lipinski definition) is 2. The van der Waals surface area contributed by atoms with Gasteiger partial charge in [0.05, 0.1) is 13.5 Å². The zero-order chi connectivity index (χ0) is 17.9. The van der Waals surface area contributed by atoms with Gasteiger partial charge >= 0.3 is 5.97 Å². The molecule has 2 N–H and O–H groups in total. The van der Waals surface area contributed by atoms with Gasteiger partial charge < -0.3 is 19.8 Å². The molecule has 0 aliphatic carbocycles. The number of ketones is 1. The van der Waals surface area contributed by atoms with E-state index in [0.29, 0.717) is 16.9 Å². The molecule has 7 heteroatoms. The predicted octanol–water partition coefficient (Wildman–Crippen LogP) is 0.878. The smallest absolute Gasteiger partial charge is 0.335 e. The van der Waals surface area contributed by atoms with Crippen LogP contribution in [0.2, 0.25) is 0 Å². The molecular weight excluding hydrogens is 314 g/mol. The molecule has 0 radical (unpaired) electrons. The van der Waals surface area contributed by atoms with Crippen molar-refractivity contribution in [3.63, 3.8) is 0 Å². The Morgan fingerprint density at radius 1 is 1.25 bits per heavy atom. The summed E-state index contributed by atoms with van der Waals surface area (Å²) in [6, 6.07) is 4.93. The van der Waals surface area contributed by atoms with E-state index >= 15 is 0 Å². The Labute approximate surface area is 139 Å². The summed E-state index contributed by atoms with van der Waals surface area (Å²) in [5.74, 6) is -1.03. The van der Waals surface area contributed by atoms with Crippen molar-refractivity contribution in [2.24, 2.45) is 0 Å². The number of carboxylic acids is 1. The second-order valence-corrected chi connectivity index (χ2v) is 5.98. The maximum Gasteiger partial charge on any atom is 0.335 e. The molecule has 0 aromatic heterocycles. The van der Waals surface area contributed by atoms with Crippen molar-refractivity contribution in [2.75, 3.05) is 20.2 Å². The molecule has 1 aromatic carbocycles. The molecule has 7 nitrogen and oxygen atoms in total. The van der Waals surface area contributed by atoms with Crippen LogP contribution in [0.15, 0.2) is 18.2 Å². The number of aliphatic carboxylic acids is 1. The lowest BCUT2D eigenvalue weighted by molar-refractivity contribution is -0.165. The van der Waals surface area contributed by atoms with Crippen LogP contribution in [0.4, 0.5) is 0 Å². The molecule has 1 aliphatic heterocycles. The molecular formula is C17H21NO6. The molecule has 0 spiro atoms. The number of Topliss-reactive ketones (excluding diaryl/α,β-unsaturated/α-hetero) is 1. The van der Waals surface area contributed by atoms with Gasteiger partial charge in [0.25, 0.3) is 0 Å². The first-order chi connectivity index (χ1) is 11.3. The van der Waals surface area contributed by atoms with Crippen molar-refractivity contribution in [2.45, 2.75) is 31.8 Å². The largest absolute Gasteiger partial charge is 0.496 e. The predicted molar refractivity (Wildman–Crippen MR) is 85.1 cm³/mol. The highest BCUT2D eigenvalue weighted by Gasteiger charge is 2.40. The maximum absolute atomic E-state index is 12.5. The van der Waals surface area contributed by atoms with Crippen LogP contribution in [-0.2, 0) is 16.0 Å². The average Bonchev–Trinajstić information content (AvgIpc) is 2.55. The van der Waals surface area contributed by atoms with Gasteiger partial charge in [-0.3, -0.25) is 9.59 Å². The third-order valence-electron chi connectivity index (χ3n) is 4.37. The van der Waals surface area contributed by atoms with E-state index in [1.54, 1.807) is 18.2 Å². The van der Waals surface area contributed by atoms with Crippen molar-refractivity contribution >= 4 is 17.7 Å². The van der Waals surface area contributed by atoms with Gasteiger partial charge in [0.2, 0.25) is 5.91 Å². The van der Waals surface area contributed by atoms with Crippen molar-refractivity contribution in [3.05, 3.63) is 29.3 Å². The molecule has 1 saturated heterocycles. The molecule has 1 aliphatic rings. The minimum absolute atomic E-state index is 0.00130. The van der Waals surface area contributed by atoms with Crippen LogP contribution in [-0.4, -0.2) is 58.6 Å². The van der Waals surface area contributed by atoms with Gasteiger partial charge in [0, 0.05) is 37.1 Å². The summed E-state index contributed by atoms with van der Waals surface area (Å²) in [5, 5.41) is 18.9. The maximum atomic E-state index is 12.5. The first kappa shape index (κ1) is 17.9. The summed E-state index contributed by atoms with van der Waals surface area (Å²) >= 11 is 0. The molecule has 1 heterocycles. The first-order valence-corrected chi connectivity index (χ1v) is 7.68. The second kappa shape index (κ2) is 7.00. The minimum Gasteiger partial charge on any atom is -0.496 e. The number of carbonyl (C=O) groups excluding carboxylic acids is 2. The standard InChI is InChI=1S/C17H21NO6/c1-11(19)12-3-4-14(24-2)13(9-12)10-15(20)18-7-5-17(23,6-8-18)16(21)22/h3-4,9,23H,5-8,10H2,1-2H3,(H,21,22). The SMILES string of the molecule is COc1ccc(C(C)=O)cc1CC(=O)N1CCC(O)(C(=O)O)CC1. The van der Waals surface area contributed by atoms with Gasteiger partial charge in [0.15, 0.2) is 11.4 Å². The summed E-state index contributed by atoms with van der Waals surface area (Å²) in [6.45, 7) is 1.80. The average molecular weight is 335 g/mol. The zero-order valence-corrected chi connectivity index (χ0v) is 13.7. The highest BCUT2D eigenvalue weighted by Crippen LogP contribution is 2.25. The number of likely N-dealkylation sites (tertiary alicyclic amines) is 1. The molecule has 0 bridgehead atoms. The van der Waals surface area contributed by atoms with Crippen molar-refractivity contribution in [1.82, 2.24) is 4.90 Å². The lowest BCUT2D eigenvalue weighted by Crippen LogP contribution is -2.51. The molecule has 0 saturated carbocycles. The molecule has 1 amide bonds. The lowest BCUT2D eigenvalue weighted by Gasteiger charge is -2.35. The summed E-state index contributed by atoms with van der Waals surface area (Å²) in [6.07, 6.45) is 0.0488. The quantitative estimate of drug-likeness (QED) is 0.774. The topological polar surface area (TPSA) is 104 Å². The fraction of sp³-hybridized carbons (Fsp3) is 0.471. The Morgan fingerprint density at radius 3 is 2.38 bits per heavy atom. The molecule has 1 aromatic rings. The van der Waals surface area contributed by atoms with Gasteiger partial charge in [-0.05, 0) is 25.1 Å². The Hall–Kier alpha value is -2.41. The van der Waals surface area contributed by atoms with Crippen LogP contribution in [0.5, 0.6) is 5.75 Å². The highest BCUT2D eigenvalue weighted by atomic mass is 16.5. The van der Waals surface area contributed by atoms with Crippen LogP contribution in [0, 0.1) is 0 Å². The molecule has 0 atom stereocenters. The third kappa shape index (κ3) is 3.73. The van der Waals surface area contributed by atoms with Crippen LogP contribution < -0.4 is 4.74 Å². The Bertz CT molecular complexity index is 661. The van der Waals surface area contributed by atoms with Gasteiger partial charge in [-0.2, -0.15) is 0 Å². The van der Waals surface area contributed by atoms with Crippen molar-refractivity contribution in [3.8, 4) is 5.75 Å². The van der Waals surface area contributed by atoms with E-state index in [-0.39, 0.29) is 44.0 Å². The van der Waals surface area contributed by atoms with E-state index in [4.69, 9.17) is 9.84 Å². The van der Waals surface area contributed by atoms with Gasteiger partial charge in [-0.1, -0.05) is 0 Å². The molecule has 24 heavy (non-hydrogen) atoms. The second-order valence-electron chi connectivity index (χ2n) is 5.98. The molecule has 0 unspecified atom stereocenters. The Balaban J connectivity index is 2.09. The Kier molecular flexibility index (Phi) is 5.23. The molecule has 1 fully saturated rings. The van der Waals surface area contributed by atoms with Crippen molar-refractivity contribution in [1.29, 1.82) is 0 Å². The Morgan fingerprint density at radius 2 is 1.88 bits per heavy atom.